The number of aromatic nitrogens is 2. The third-order valence-electron chi connectivity index (χ3n) is 6.06. The van der Waals surface area contributed by atoms with Crippen molar-refractivity contribution in [3.63, 3.8) is 0 Å². The molecule has 2 aromatic carbocycles. The van der Waals surface area contributed by atoms with Gasteiger partial charge in [0.05, 0.1) is 31.5 Å². The number of nitrogens with zero attached hydrogens (tertiary/aromatic N) is 3. The first kappa shape index (κ1) is 22.6. The summed E-state index contributed by atoms with van der Waals surface area (Å²) in [6.45, 7) is 0. The summed E-state index contributed by atoms with van der Waals surface area (Å²) in [6, 6.07) is 24.7. The van der Waals surface area contributed by atoms with Gasteiger partial charge in [0, 0.05) is 35.5 Å². The molecule has 8 heteroatoms. The Labute approximate surface area is 208 Å². The normalized spacial score (nSPS) is 17.2. The molecule has 1 aliphatic heterocycles. The van der Waals surface area contributed by atoms with Crippen molar-refractivity contribution in [1.29, 1.82) is 0 Å². The smallest absolute Gasteiger partial charge is 0.337 e. The predicted molar refractivity (Wildman–Crippen MR) is 138 cm³/mol. The number of pyridine rings is 1. The Hall–Kier alpha value is -4.17. The number of anilines is 1. The lowest BCUT2D eigenvalue weighted by Gasteiger charge is -2.29. The molecule has 7 nitrogen and oxygen atoms in total. The molecule has 0 saturated carbocycles. The summed E-state index contributed by atoms with van der Waals surface area (Å²) in [6.07, 6.45) is 3.76. The van der Waals surface area contributed by atoms with Crippen molar-refractivity contribution in [2.75, 3.05) is 19.1 Å². The molecule has 2 atom stereocenters. The van der Waals surface area contributed by atoms with E-state index in [0.717, 1.165) is 28.5 Å². The minimum Gasteiger partial charge on any atom is -0.497 e. The van der Waals surface area contributed by atoms with Crippen molar-refractivity contribution in [3.8, 4) is 11.4 Å². The highest BCUT2D eigenvalue weighted by Crippen LogP contribution is 2.42. The fraction of sp³-hybridized carbons (Fsp3) is 0.148. The monoisotopic (exact) mass is 484 g/mol. The molecule has 35 heavy (non-hydrogen) atoms. The predicted octanol–water partition coefficient (Wildman–Crippen LogP) is 4.84. The first-order valence-corrected chi connectivity index (χ1v) is 11.5. The molecule has 0 aliphatic carbocycles. The number of thiocarbonyl (C=S) groups is 1. The summed E-state index contributed by atoms with van der Waals surface area (Å²) < 4.78 is 12.5. The average molecular weight is 485 g/mol. The van der Waals surface area contributed by atoms with Crippen molar-refractivity contribution >= 4 is 29.0 Å². The van der Waals surface area contributed by atoms with Gasteiger partial charge in [0.25, 0.3) is 0 Å². The van der Waals surface area contributed by atoms with Gasteiger partial charge in [-0.2, -0.15) is 0 Å². The van der Waals surface area contributed by atoms with Gasteiger partial charge in [0.15, 0.2) is 5.11 Å². The average Bonchev–Trinajstić information content (AvgIpc) is 3.53. The van der Waals surface area contributed by atoms with E-state index >= 15 is 0 Å². The lowest BCUT2D eigenvalue weighted by Crippen LogP contribution is -2.30. The Balaban J connectivity index is 1.65. The highest BCUT2D eigenvalue weighted by Gasteiger charge is 2.42. The Morgan fingerprint density at radius 3 is 2.57 bits per heavy atom. The maximum Gasteiger partial charge on any atom is 0.337 e. The van der Waals surface area contributed by atoms with Gasteiger partial charge in [-0.1, -0.05) is 18.2 Å². The van der Waals surface area contributed by atoms with E-state index in [1.165, 1.54) is 7.11 Å². The van der Waals surface area contributed by atoms with E-state index in [9.17, 15) is 4.79 Å². The van der Waals surface area contributed by atoms with Crippen molar-refractivity contribution in [3.05, 3.63) is 108 Å². The van der Waals surface area contributed by atoms with Gasteiger partial charge in [-0.15, -0.1) is 0 Å². The number of carbonyl (C=O) groups is 1. The van der Waals surface area contributed by atoms with Gasteiger partial charge >= 0.3 is 5.97 Å². The number of rotatable bonds is 6. The summed E-state index contributed by atoms with van der Waals surface area (Å²) in [5, 5.41) is 4.07. The maximum absolute atomic E-state index is 12.2. The molecule has 1 fully saturated rings. The number of hydrogen-bond acceptors (Lipinski definition) is 5. The van der Waals surface area contributed by atoms with Crippen LogP contribution in [0.1, 0.15) is 33.8 Å². The third kappa shape index (κ3) is 4.24. The molecule has 4 aromatic rings. The van der Waals surface area contributed by atoms with Gasteiger partial charge in [-0.05, 0) is 66.8 Å². The van der Waals surface area contributed by atoms with E-state index in [4.69, 9.17) is 21.7 Å². The standard InChI is InChI=1S/C27H24N4O3S/c1-33-21-11-6-10-20(17-21)31-25(24(29-27(31)35)22-12-3-4-14-28-22)23-13-7-15-30(23)19-9-5-8-18(16-19)26(32)34-2/h3-17,24-25H,1-2H3,(H,29,35)/t24-,25+/m1/s1. The number of benzene rings is 2. The summed E-state index contributed by atoms with van der Waals surface area (Å²) >= 11 is 5.84. The molecule has 5 rings (SSSR count). The summed E-state index contributed by atoms with van der Waals surface area (Å²) in [4.78, 5) is 18.9. The topological polar surface area (TPSA) is 68.6 Å². The van der Waals surface area contributed by atoms with Crippen LogP contribution in [0.3, 0.4) is 0 Å². The second-order valence-electron chi connectivity index (χ2n) is 8.04. The number of hydrogen-bond donors (Lipinski definition) is 1. The molecular formula is C27H24N4O3S. The number of methoxy groups -OCH3 is 2. The van der Waals surface area contributed by atoms with Gasteiger partial charge in [0.1, 0.15) is 11.8 Å². The number of carbonyl (C=O) groups excluding carboxylic acids is 1. The Bertz CT molecular complexity index is 1370. The maximum atomic E-state index is 12.2. The zero-order chi connectivity index (χ0) is 24.4. The van der Waals surface area contributed by atoms with Crippen LogP contribution >= 0.6 is 12.2 Å². The molecule has 2 aromatic heterocycles. The number of nitrogens with one attached hydrogen (secondary N) is 1. The van der Waals surface area contributed by atoms with Crippen LogP contribution in [0, 0.1) is 0 Å². The van der Waals surface area contributed by atoms with Crippen molar-refractivity contribution in [2.24, 2.45) is 0 Å². The second-order valence-corrected chi connectivity index (χ2v) is 8.43. The molecule has 176 valence electrons. The van der Waals surface area contributed by atoms with E-state index < -0.39 is 0 Å². The SMILES string of the molecule is COC(=O)c1cccc(-n2cccc2[C@H]2[C@@H](c3ccccn3)NC(=S)N2c2cccc(OC)c2)c1. The van der Waals surface area contributed by atoms with Gasteiger partial charge in [0.2, 0.25) is 0 Å². The van der Waals surface area contributed by atoms with Crippen LogP contribution in [0.4, 0.5) is 5.69 Å². The molecule has 1 N–H and O–H groups in total. The van der Waals surface area contributed by atoms with E-state index in [2.05, 4.69) is 25.8 Å². The number of ether oxygens (including phenoxy) is 2. The molecule has 0 spiro atoms. The largest absolute Gasteiger partial charge is 0.497 e. The zero-order valence-corrected chi connectivity index (χ0v) is 20.1. The molecule has 1 saturated heterocycles. The molecular weight excluding hydrogens is 460 g/mol. The number of esters is 1. The van der Waals surface area contributed by atoms with Crippen molar-refractivity contribution < 1.29 is 14.3 Å². The Kier molecular flexibility index (Phi) is 6.20. The molecule has 1 aliphatic rings. The van der Waals surface area contributed by atoms with Crippen LogP contribution in [0.25, 0.3) is 5.69 Å². The minimum absolute atomic E-state index is 0.202. The van der Waals surface area contributed by atoms with Gasteiger partial charge in [-0.3, -0.25) is 4.98 Å². The van der Waals surface area contributed by atoms with Crippen LogP contribution in [-0.4, -0.2) is 34.9 Å². The second kappa shape index (κ2) is 9.60. The first-order valence-electron chi connectivity index (χ1n) is 11.1. The van der Waals surface area contributed by atoms with E-state index in [1.807, 2.05) is 72.9 Å². The lowest BCUT2D eigenvalue weighted by molar-refractivity contribution is 0.0600. The Morgan fingerprint density at radius 2 is 1.80 bits per heavy atom. The van der Waals surface area contributed by atoms with E-state index in [1.54, 1.807) is 19.4 Å². The first-order chi connectivity index (χ1) is 17.1. The quantitative estimate of drug-likeness (QED) is 0.310. The van der Waals surface area contributed by atoms with Crippen LogP contribution in [0.2, 0.25) is 0 Å². The van der Waals surface area contributed by atoms with Crippen LogP contribution in [0.5, 0.6) is 5.75 Å². The lowest BCUT2D eigenvalue weighted by atomic mass is 10.0. The summed E-state index contributed by atoms with van der Waals surface area (Å²) in [5.41, 5.74) is 4.09. The van der Waals surface area contributed by atoms with Crippen molar-refractivity contribution in [1.82, 2.24) is 14.9 Å². The molecule has 3 heterocycles. The summed E-state index contributed by atoms with van der Waals surface area (Å²) in [7, 11) is 3.03. The Morgan fingerprint density at radius 1 is 0.971 bits per heavy atom. The van der Waals surface area contributed by atoms with Crippen LogP contribution < -0.4 is 15.0 Å². The summed E-state index contributed by atoms with van der Waals surface area (Å²) in [5.74, 6) is 0.361. The highest BCUT2D eigenvalue weighted by atomic mass is 32.1. The van der Waals surface area contributed by atoms with Gasteiger partial charge < -0.3 is 24.3 Å². The van der Waals surface area contributed by atoms with Crippen LogP contribution in [-0.2, 0) is 4.74 Å². The van der Waals surface area contributed by atoms with E-state index in [-0.39, 0.29) is 18.1 Å². The fourth-order valence-corrected chi connectivity index (χ4v) is 4.81. The molecule has 0 radical (unpaired) electrons. The molecule has 0 unspecified atom stereocenters. The third-order valence-corrected chi connectivity index (χ3v) is 6.37. The molecule has 0 bridgehead atoms. The van der Waals surface area contributed by atoms with E-state index in [0.29, 0.717) is 10.7 Å². The van der Waals surface area contributed by atoms with Crippen molar-refractivity contribution in [2.45, 2.75) is 12.1 Å². The highest BCUT2D eigenvalue weighted by molar-refractivity contribution is 7.80. The molecule has 0 amide bonds. The zero-order valence-electron chi connectivity index (χ0n) is 19.3. The van der Waals surface area contributed by atoms with Gasteiger partial charge in [-0.25, -0.2) is 4.79 Å². The minimum atomic E-state index is -0.381. The fourth-order valence-electron chi connectivity index (χ4n) is 4.46. The van der Waals surface area contributed by atoms with Crippen LogP contribution in [0.15, 0.2) is 91.3 Å².